The highest BCUT2D eigenvalue weighted by molar-refractivity contribution is 5.94. The van der Waals surface area contributed by atoms with Gasteiger partial charge in [0.1, 0.15) is 24.7 Å². The van der Waals surface area contributed by atoms with E-state index in [9.17, 15) is 24.3 Å². The first-order chi connectivity index (χ1) is 15.3. The zero-order valence-corrected chi connectivity index (χ0v) is 18.1. The molecule has 2 heterocycles. The summed E-state index contributed by atoms with van der Waals surface area (Å²) >= 11 is 0. The molecule has 0 aromatic heterocycles. The molecule has 0 unspecified atom stereocenters. The van der Waals surface area contributed by atoms with Crippen molar-refractivity contribution in [3.63, 3.8) is 0 Å². The van der Waals surface area contributed by atoms with Gasteiger partial charge in [-0.15, -0.1) is 0 Å². The van der Waals surface area contributed by atoms with Gasteiger partial charge in [-0.1, -0.05) is 30.3 Å². The standard InChI is InChI=1S/C22H30N4O6/c1-14(27)18(19(23)28)24-20(29)16-9-5-11-25(16)21(30)17-10-6-12-26(17)22(31)32-13-15-7-3-2-4-8-15/h2-4,7-8,14,16-18,27H,5-6,9-13H2,1H3,(H2,23,28)(H,24,29)/t14-,16+,17-,18+/m1/s1. The molecule has 0 bridgehead atoms. The Kier molecular flexibility index (Phi) is 7.68. The molecule has 10 nitrogen and oxygen atoms in total. The molecule has 3 rings (SSSR count). The van der Waals surface area contributed by atoms with E-state index in [2.05, 4.69) is 5.32 Å². The maximum Gasteiger partial charge on any atom is 0.410 e. The Labute approximate surface area is 186 Å². The number of hydrogen-bond donors (Lipinski definition) is 3. The SMILES string of the molecule is C[C@@H](O)[C@H](NC(=O)[C@@H]1CCCN1C(=O)[C@H]1CCCN1C(=O)OCc1ccccc1)C(N)=O. The zero-order valence-electron chi connectivity index (χ0n) is 18.1. The molecule has 4 N–H and O–H groups in total. The maximum absolute atomic E-state index is 13.3. The Morgan fingerprint density at radius 1 is 1.09 bits per heavy atom. The van der Waals surface area contributed by atoms with Crippen molar-refractivity contribution in [2.45, 2.75) is 63.4 Å². The predicted molar refractivity (Wildman–Crippen MR) is 114 cm³/mol. The second-order valence-electron chi connectivity index (χ2n) is 8.21. The van der Waals surface area contributed by atoms with Crippen LogP contribution in [0.2, 0.25) is 0 Å². The minimum atomic E-state index is -1.24. The molecule has 0 saturated carbocycles. The molecule has 10 heteroatoms. The third-order valence-corrected chi connectivity index (χ3v) is 5.90. The fraction of sp³-hybridized carbons (Fsp3) is 0.545. The maximum atomic E-state index is 13.3. The van der Waals surface area contributed by atoms with Crippen LogP contribution in [-0.4, -0.2) is 76.0 Å². The lowest BCUT2D eigenvalue weighted by Gasteiger charge is -2.31. The molecule has 2 fully saturated rings. The summed E-state index contributed by atoms with van der Waals surface area (Å²) in [6.45, 7) is 2.24. The van der Waals surface area contributed by atoms with E-state index in [1.165, 1.54) is 16.7 Å². The number of carbonyl (C=O) groups excluding carboxylic acids is 4. The first-order valence-corrected chi connectivity index (χ1v) is 10.8. The molecule has 1 aromatic carbocycles. The molecular weight excluding hydrogens is 416 g/mol. The molecular formula is C22H30N4O6. The Balaban J connectivity index is 1.63. The summed E-state index contributed by atoms with van der Waals surface area (Å²) in [6.07, 6.45) is 0.466. The molecule has 2 saturated heterocycles. The fourth-order valence-electron chi connectivity index (χ4n) is 4.22. The number of nitrogens with zero attached hydrogens (tertiary/aromatic N) is 2. The van der Waals surface area contributed by atoms with Crippen LogP contribution in [0.25, 0.3) is 0 Å². The lowest BCUT2D eigenvalue weighted by Crippen LogP contribution is -2.57. The van der Waals surface area contributed by atoms with Gasteiger partial charge in [0, 0.05) is 13.1 Å². The number of nitrogens with two attached hydrogens (primary N) is 1. The number of benzene rings is 1. The molecule has 0 radical (unpaired) electrons. The van der Waals surface area contributed by atoms with Crippen LogP contribution < -0.4 is 11.1 Å². The summed E-state index contributed by atoms with van der Waals surface area (Å²) in [5.41, 5.74) is 6.10. The number of ether oxygens (including phenoxy) is 1. The normalized spacial score (nSPS) is 22.3. The number of primary amides is 1. The zero-order chi connectivity index (χ0) is 23.3. The van der Waals surface area contributed by atoms with E-state index in [-0.39, 0.29) is 12.5 Å². The summed E-state index contributed by atoms with van der Waals surface area (Å²) in [6, 6.07) is 6.54. The van der Waals surface area contributed by atoms with Crippen molar-refractivity contribution >= 4 is 23.8 Å². The largest absolute Gasteiger partial charge is 0.445 e. The number of aliphatic hydroxyl groups is 1. The van der Waals surface area contributed by atoms with E-state index >= 15 is 0 Å². The van der Waals surface area contributed by atoms with Gasteiger partial charge in [0.05, 0.1) is 6.10 Å². The summed E-state index contributed by atoms with van der Waals surface area (Å²) in [5, 5.41) is 12.1. The van der Waals surface area contributed by atoms with Crippen molar-refractivity contribution in [1.82, 2.24) is 15.1 Å². The summed E-state index contributed by atoms with van der Waals surface area (Å²) in [7, 11) is 0. The van der Waals surface area contributed by atoms with Gasteiger partial charge in [-0.05, 0) is 38.2 Å². The van der Waals surface area contributed by atoms with Crippen LogP contribution in [-0.2, 0) is 25.7 Å². The Morgan fingerprint density at radius 2 is 1.72 bits per heavy atom. The lowest BCUT2D eigenvalue weighted by molar-refractivity contribution is -0.142. The van der Waals surface area contributed by atoms with Crippen LogP contribution in [0, 0.1) is 0 Å². The third kappa shape index (κ3) is 5.37. The minimum absolute atomic E-state index is 0.111. The highest BCUT2D eigenvalue weighted by Gasteiger charge is 2.43. The quantitative estimate of drug-likeness (QED) is 0.543. The number of rotatable bonds is 7. The monoisotopic (exact) mass is 446 g/mol. The van der Waals surface area contributed by atoms with Crippen LogP contribution >= 0.6 is 0 Å². The average molecular weight is 447 g/mol. The predicted octanol–water partition coefficient (Wildman–Crippen LogP) is 0.130. The van der Waals surface area contributed by atoms with E-state index in [4.69, 9.17) is 10.5 Å². The number of amides is 4. The van der Waals surface area contributed by atoms with E-state index in [0.29, 0.717) is 38.8 Å². The Hall–Kier alpha value is -3.14. The lowest BCUT2D eigenvalue weighted by atomic mass is 10.1. The number of nitrogens with one attached hydrogen (secondary N) is 1. The van der Waals surface area contributed by atoms with Gasteiger partial charge in [-0.3, -0.25) is 19.3 Å². The van der Waals surface area contributed by atoms with Crippen LogP contribution in [0.3, 0.4) is 0 Å². The average Bonchev–Trinajstić information content (AvgIpc) is 3.45. The van der Waals surface area contributed by atoms with Gasteiger partial charge >= 0.3 is 6.09 Å². The van der Waals surface area contributed by atoms with E-state index in [1.807, 2.05) is 30.3 Å². The number of likely N-dealkylation sites (tertiary alicyclic amines) is 2. The minimum Gasteiger partial charge on any atom is -0.445 e. The fourth-order valence-corrected chi connectivity index (χ4v) is 4.22. The van der Waals surface area contributed by atoms with Crippen LogP contribution in [0.4, 0.5) is 4.79 Å². The molecule has 0 spiro atoms. The van der Waals surface area contributed by atoms with Crippen molar-refractivity contribution in [3.8, 4) is 0 Å². The molecule has 4 atom stereocenters. The van der Waals surface area contributed by atoms with Gasteiger partial charge < -0.3 is 25.8 Å². The molecule has 174 valence electrons. The van der Waals surface area contributed by atoms with Crippen molar-refractivity contribution in [2.75, 3.05) is 13.1 Å². The third-order valence-electron chi connectivity index (χ3n) is 5.90. The highest BCUT2D eigenvalue weighted by atomic mass is 16.6. The Bertz CT molecular complexity index is 846. The van der Waals surface area contributed by atoms with Gasteiger partial charge in [0.2, 0.25) is 17.7 Å². The van der Waals surface area contributed by atoms with E-state index in [1.54, 1.807) is 0 Å². The topological polar surface area (TPSA) is 142 Å². The summed E-state index contributed by atoms with van der Waals surface area (Å²) in [5.74, 6) is -1.71. The van der Waals surface area contributed by atoms with Crippen molar-refractivity contribution in [3.05, 3.63) is 35.9 Å². The Morgan fingerprint density at radius 3 is 2.34 bits per heavy atom. The van der Waals surface area contributed by atoms with Gasteiger partial charge in [0.25, 0.3) is 0 Å². The van der Waals surface area contributed by atoms with Crippen molar-refractivity contribution in [1.29, 1.82) is 0 Å². The van der Waals surface area contributed by atoms with Crippen LogP contribution in [0.1, 0.15) is 38.2 Å². The number of carbonyl (C=O) groups is 4. The number of hydrogen-bond acceptors (Lipinski definition) is 6. The molecule has 4 amide bonds. The first kappa shape index (κ1) is 23.5. The van der Waals surface area contributed by atoms with E-state index < -0.39 is 42.1 Å². The summed E-state index contributed by atoms with van der Waals surface area (Å²) < 4.78 is 5.39. The first-order valence-electron chi connectivity index (χ1n) is 10.8. The second kappa shape index (κ2) is 10.4. The van der Waals surface area contributed by atoms with Gasteiger partial charge in [0.15, 0.2) is 0 Å². The summed E-state index contributed by atoms with van der Waals surface area (Å²) in [4.78, 5) is 53.0. The molecule has 2 aliphatic rings. The number of aliphatic hydroxyl groups excluding tert-OH is 1. The van der Waals surface area contributed by atoms with Crippen molar-refractivity contribution in [2.24, 2.45) is 5.73 Å². The smallest absolute Gasteiger partial charge is 0.410 e. The molecule has 2 aliphatic heterocycles. The van der Waals surface area contributed by atoms with Crippen LogP contribution in [0.5, 0.6) is 0 Å². The molecule has 1 aromatic rings. The van der Waals surface area contributed by atoms with Gasteiger partial charge in [-0.25, -0.2) is 4.79 Å². The molecule has 0 aliphatic carbocycles. The molecule has 32 heavy (non-hydrogen) atoms. The second-order valence-corrected chi connectivity index (χ2v) is 8.21. The van der Waals surface area contributed by atoms with Crippen molar-refractivity contribution < 1.29 is 29.0 Å². The van der Waals surface area contributed by atoms with E-state index in [0.717, 1.165) is 5.56 Å². The highest BCUT2D eigenvalue weighted by Crippen LogP contribution is 2.26. The van der Waals surface area contributed by atoms with Gasteiger partial charge in [-0.2, -0.15) is 0 Å². The van der Waals surface area contributed by atoms with Crippen LogP contribution in [0.15, 0.2) is 30.3 Å².